The SMILES string of the molecule is [B]c1cc(-c2c3c(cc4ccccc24)N(c2ccc(S)cc2C(/C=C\CC)=C/C)c2cc(N(c4ccccc4)c4ccccc4)ccc2[B]3)c2[nH]c3c(c2c1)C=C(C)CC3. The first-order valence-electron chi connectivity index (χ1n) is 20.9. The zero-order valence-corrected chi connectivity index (χ0v) is 35.1. The molecule has 3 nitrogen and oxygen atoms in total. The molecule has 287 valence electrons. The molecule has 8 aromatic rings. The average molecular weight is 789 g/mol. The smallest absolute Gasteiger partial charge is 0.197 e. The number of hydrogen-bond donors (Lipinski definition) is 2. The molecule has 0 amide bonds. The number of thiol groups is 1. The maximum atomic E-state index is 6.89. The Balaban J connectivity index is 1.29. The van der Waals surface area contributed by atoms with Gasteiger partial charge in [0.2, 0.25) is 0 Å². The number of nitrogens with one attached hydrogen (secondary N) is 1. The molecule has 1 aliphatic carbocycles. The van der Waals surface area contributed by atoms with Gasteiger partial charge >= 0.3 is 0 Å². The Kier molecular flexibility index (Phi) is 9.89. The third kappa shape index (κ3) is 6.60. The number of hydrogen-bond acceptors (Lipinski definition) is 3. The number of aryl methyl sites for hydroxylation is 1. The molecule has 1 aromatic heterocycles. The summed E-state index contributed by atoms with van der Waals surface area (Å²) in [6.45, 7) is 6.53. The Hall–Kier alpha value is -6.36. The second kappa shape index (κ2) is 15.7. The molecular formula is C54H44B2N3S. The summed E-state index contributed by atoms with van der Waals surface area (Å²) in [7, 11) is 9.28. The Morgan fingerprint density at radius 3 is 2.28 bits per heavy atom. The van der Waals surface area contributed by atoms with E-state index in [1.165, 1.54) is 33.2 Å². The van der Waals surface area contributed by atoms with Crippen LogP contribution >= 0.6 is 12.6 Å². The van der Waals surface area contributed by atoms with Crippen LogP contribution in [-0.4, -0.2) is 20.1 Å². The van der Waals surface area contributed by atoms with Crippen LogP contribution in [-0.2, 0) is 6.42 Å². The van der Waals surface area contributed by atoms with Crippen LogP contribution in [0.1, 0.15) is 50.4 Å². The van der Waals surface area contributed by atoms with Crippen molar-refractivity contribution in [1.29, 1.82) is 0 Å². The van der Waals surface area contributed by atoms with E-state index in [0.717, 1.165) is 102 Å². The van der Waals surface area contributed by atoms with Gasteiger partial charge in [-0.05, 0) is 121 Å². The summed E-state index contributed by atoms with van der Waals surface area (Å²) in [6, 6.07) is 50.2. The zero-order valence-electron chi connectivity index (χ0n) is 34.2. The summed E-state index contributed by atoms with van der Waals surface area (Å²) in [4.78, 5) is 9.65. The first kappa shape index (κ1) is 37.9. The molecule has 0 spiro atoms. The van der Waals surface area contributed by atoms with Crippen LogP contribution in [0.3, 0.4) is 0 Å². The number of anilines is 6. The molecule has 10 rings (SSSR count). The molecule has 0 fully saturated rings. The zero-order chi connectivity index (χ0) is 40.9. The minimum atomic E-state index is 0.754. The predicted octanol–water partition coefficient (Wildman–Crippen LogP) is 12.7. The number of H-pyrrole nitrogens is 1. The van der Waals surface area contributed by atoms with Gasteiger partial charge in [-0.15, -0.1) is 12.6 Å². The normalized spacial score (nSPS) is 13.6. The van der Waals surface area contributed by atoms with Crippen LogP contribution < -0.4 is 26.2 Å². The Labute approximate surface area is 360 Å². The summed E-state index contributed by atoms with van der Waals surface area (Å²) in [6.07, 6.45) is 12.0. The van der Waals surface area contributed by atoms with Crippen molar-refractivity contribution in [1.82, 2.24) is 4.98 Å². The molecule has 1 N–H and O–H groups in total. The highest BCUT2D eigenvalue weighted by molar-refractivity contribution is 7.80. The first-order valence-corrected chi connectivity index (χ1v) is 21.4. The van der Waals surface area contributed by atoms with E-state index in [1.54, 1.807) is 0 Å². The number of benzene rings is 7. The average Bonchev–Trinajstić information content (AvgIpc) is 3.63. The van der Waals surface area contributed by atoms with Crippen LogP contribution in [0.5, 0.6) is 0 Å². The topological polar surface area (TPSA) is 22.3 Å². The molecule has 0 unspecified atom stereocenters. The summed E-state index contributed by atoms with van der Waals surface area (Å²) in [5.41, 5.74) is 19.1. The first-order chi connectivity index (χ1) is 29.4. The van der Waals surface area contributed by atoms with Gasteiger partial charge in [0.1, 0.15) is 7.85 Å². The molecule has 0 atom stereocenters. The highest BCUT2D eigenvalue weighted by Crippen LogP contribution is 2.46. The molecule has 0 saturated carbocycles. The van der Waals surface area contributed by atoms with E-state index in [1.807, 2.05) is 0 Å². The second-order valence-corrected chi connectivity index (χ2v) is 16.4. The van der Waals surface area contributed by atoms with Gasteiger partial charge in [-0.1, -0.05) is 127 Å². The monoisotopic (exact) mass is 788 g/mol. The van der Waals surface area contributed by atoms with Gasteiger partial charge in [-0.3, -0.25) is 0 Å². The van der Waals surface area contributed by atoms with Gasteiger partial charge in [0.25, 0.3) is 0 Å². The lowest BCUT2D eigenvalue weighted by Crippen LogP contribution is -2.41. The van der Waals surface area contributed by atoms with Crippen LogP contribution in [0.2, 0.25) is 0 Å². The number of allylic oxidation sites excluding steroid dienone is 5. The van der Waals surface area contributed by atoms with Crippen molar-refractivity contribution < 1.29 is 0 Å². The van der Waals surface area contributed by atoms with Crippen LogP contribution in [0, 0.1) is 0 Å². The van der Waals surface area contributed by atoms with Crippen molar-refractivity contribution in [2.75, 3.05) is 9.80 Å². The number of para-hydroxylation sites is 2. The standard InChI is InChI=1S/C54H44B2N3S/c1-4-6-15-35(5-2)43-33-41(60)24-27-49(43)59-50-32-40(58(38-17-9-7-10-18-38)39-19-11-8-12-20-39)23-25-47(50)56-53-51(59)29-36-16-13-14-21-42(36)52(53)46-31-37(55)30-45-44-28-34(3)22-26-48(44)57-54(45)46/h5-21,23-25,27-33,57,60H,4,22,26H2,1-3H3/b15-6-,35-5+. The molecule has 3 radical (unpaired) electrons. The Bertz CT molecular complexity index is 3010. The van der Waals surface area contributed by atoms with Crippen LogP contribution in [0.4, 0.5) is 34.1 Å². The third-order valence-electron chi connectivity index (χ3n) is 12.0. The summed E-state index contributed by atoms with van der Waals surface area (Å²) >= 11 is 4.92. The van der Waals surface area contributed by atoms with E-state index in [-0.39, 0.29) is 0 Å². The maximum Gasteiger partial charge on any atom is 0.197 e. The largest absolute Gasteiger partial charge is 0.357 e. The summed E-state index contributed by atoms with van der Waals surface area (Å²) in [5.74, 6) is 0. The van der Waals surface area contributed by atoms with E-state index in [0.29, 0.717) is 0 Å². The van der Waals surface area contributed by atoms with E-state index in [2.05, 4.69) is 207 Å². The third-order valence-corrected chi connectivity index (χ3v) is 12.3. The Morgan fingerprint density at radius 1 is 0.783 bits per heavy atom. The van der Waals surface area contributed by atoms with Gasteiger partial charge < -0.3 is 14.8 Å². The minimum Gasteiger partial charge on any atom is -0.357 e. The summed E-state index contributed by atoms with van der Waals surface area (Å²) < 4.78 is 0. The van der Waals surface area contributed by atoms with Crippen molar-refractivity contribution in [3.63, 3.8) is 0 Å². The lowest BCUT2D eigenvalue weighted by atomic mass is 9.57. The molecule has 0 bridgehead atoms. The van der Waals surface area contributed by atoms with Gasteiger partial charge in [-0.25, -0.2) is 0 Å². The van der Waals surface area contributed by atoms with E-state index in [4.69, 9.17) is 20.5 Å². The van der Waals surface area contributed by atoms with Crippen LogP contribution in [0.15, 0.2) is 168 Å². The molecule has 0 saturated heterocycles. The molecule has 60 heavy (non-hydrogen) atoms. The molecule has 2 heterocycles. The lowest BCUT2D eigenvalue weighted by molar-refractivity contribution is 0.902. The predicted molar refractivity (Wildman–Crippen MR) is 263 cm³/mol. The Morgan fingerprint density at radius 2 is 1.53 bits per heavy atom. The molecule has 1 aliphatic heterocycles. The van der Waals surface area contributed by atoms with Gasteiger partial charge in [0.05, 0.1) is 11.2 Å². The van der Waals surface area contributed by atoms with E-state index in [9.17, 15) is 0 Å². The van der Waals surface area contributed by atoms with Gasteiger partial charge in [-0.2, -0.15) is 0 Å². The van der Waals surface area contributed by atoms with Gasteiger partial charge in [0.15, 0.2) is 7.28 Å². The lowest BCUT2D eigenvalue weighted by Gasteiger charge is -2.38. The number of nitrogens with zero attached hydrogens (tertiary/aromatic N) is 2. The fraction of sp³-hybridized carbons (Fsp3) is 0.111. The van der Waals surface area contributed by atoms with Crippen LogP contribution in [0.25, 0.3) is 44.5 Å². The quantitative estimate of drug-likeness (QED) is 0.0910. The fourth-order valence-electron chi connectivity index (χ4n) is 9.23. The van der Waals surface area contributed by atoms with Crippen molar-refractivity contribution >= 4 is 112 Å². The molecule has 2 aliphatic rings. The highest BCUT2D eigenvalue weighted by atomic mass is 32.1. The van der Waals surface area contributed by atoms with Crippen molar-refractivity contribution in [2.24, 2.45) is 0 Å². The maximum absolute atomic E-state index is 6.89. The second-order valence-electron chi connectivity index (χ2n) is 15.9. The molecule has 7 aromatic carbocycles. The van der Waals surface area contributed by atoms with E-state index < -0.39 is 0 Å². The number of aromatic amines is 1. The summed E-state index contributed by atoms with van der Waals surface area (Å²) in [5, 5.41) is 3.52. The number of aromatic nitrogens is 1. The molecular weight excluding hydrogens is 744 g/mol. The minimum absolute atomic E-state index is 0.754. The molecule has 6 heteroatoms. The highest BCUT2D eigenvalue weighted by Gasteiger charge is 2.32. The van der Waals surface area contributed by atoms with Crippen molar-refractivity contribution in [2.45, 2.75) is 44.9 Å². The van der Waals surface area contributed by atoms with E-state index >= 15 is 0 Å². The van der Waals surface area contributed by atoms with Gasteiger partial charge in [0, 0.05) is 61.1 Å². The number of fused-ring (bicyclic) bond motifs is 6. The van der Waals surface area contributed by atoms with Crippen molar-refractivity contribution in [3.05, 3.63) is 180 Å². The number of rotatable bonds is 8. The fourth-order valence-corrected chi connectivity index (χ4v) is 9.44. The van der Waals surface area contributed by atoms with Crippen molar-refractivity contribution in [3.8, 4) is 11.1 Å².